The van der Waals surface area contributed by atoms with Crippen LogP contribution >= 0.6 is 0 Å². The highest BCUT2D eigenvalue weighted by atomic mass is 19.1. The number of allylic oxidation sites excluding steroid dienone is 1. The molecule has 19 heavy (non-hydrogen) atoms. The van der Waals surface area contributed by atoms with Gasteiger partial charge < -0.3 is 11.1 Å². The van der Waals surface area contributed by atoms with Crippen LogP contribution in [0.5, 0.6) is 0 Å². The summed E-state index contributed by atoms with van der Waals surface area (Å²) in [6.45, 7) is 3.93. The summed E-state index contributed by atoms with van der Waals surface area (Å²) < 4.78 is 14.0. The summed E-state index contributed by atoms with van der Waals surface area (Å²) in [6.07, 6.45) is 3.48. The Bertz CT molecular complexity index is 550. The molecule has 1 aliphatic rings. The maximum Gasteiger partial charge on any atom is 0.214 e. The quantitative estimate of drug-likeness (QED) is 0.778. The van der Waals surface area contributed by atoms with Gasteiger partial charge in [-0.3, -0.25) is 5.73 Å². The Kier molecular flexibility index (Phi) is 3.57. The van der Waals surface area contributed by atoms with Gasteiger partial charge in [0.2, 0.25) is 5.79 Å². The van der Waals surface area contributed by atoms with E-state index in [2.05, 4.69) is 17.2 Å². The van der Waals surface area contributed by atoms with Crippen LogP contribution in [0.2, 0.25) is 0 Å². The van der Waals surface area contributed by atoms with Crippen LogP contribution in [0.1, 0.15) is 30.9 Å². The number of hydrogen-bond acceptors (Lipinski definition) is 4. The molecule has 0 bridgehead atoms. The fourth-order valence-electron chi connectivity index (χ4n) is 2.19. The van der Waals surface area contributed by atoms with E-state index in [-0.39, 0.29) is 0 Å². The zero-order chi connectivity index (χ0) is 14.0. The smallest absolute Gasteiger partial charge is 0.214 e. The van der Waals surface area contributed by atoms with E-state index in [0.29, 0.717) is 11.4 Å². The zero-order valence-corrected chi connectivity index (χ0v) is 11.2. The van der Waals surface area contributed by atoms with Crippen LogP contribution in [-0.2, 0) is 5.79 Å². The summed E-state index contributed by atoms with van der Waals surface area (Å²) in [5.41, 5.74) is 14.1. The summed E-state index contributed by atoms with van der Waals surface area (Å²) in [7, 11) is 0. The Morgan fingerprint density at radius 1 is 1.42 bits per heavy atom. The Balaban J connectivity index is 2.43. The van der Waals surface area contributed by atoms with E-state index in [1.165, 1.54) is 6.07 Å². The molecule has 0 amide bonds. The molecule has 2 rings (SSSR count). The fraction of sp³-hybridized carbons (Fsp3) is 0.357. The number of nitrogens with zero attached hydrogens (tertiary/aromatic N) is 1. The summed E-state index contributed by atoms with van der Waals surface area (Å²) >= 11 is 0. The van der Waals surface area contributed by atoms with Crippen molar-refractivity contribution in [1.82, 2.24) is 5.32 Å². The van der Waals surface area contributed by atoms with Crippen molar-refractivity contribution in [3.63, 3.8) is 0 Å². The minimum Gasteiger partial charge on any atom is -0.384 e. The van der Waals surface area contributed by atoms with Gasteiger partial charge in [-0.05, 0) is 31.6 Å². The van der Waals surface area contributed by atoms with E-state index in [9.17, 15) is 4.39 Å². The molecule has 0 radical (unpaired) electrons. The number of hydrogen-bond donors (Lipinski definition) is 3. The number of nitrogens with two attached hydrogens (primary N) is 2. The number of aryl methyl sites for hydroxylation is 1. The highest BCUT2D eigenvalue weighted by molar-refractivity contribution is 5.93. The van der Waals surface area contributed by atoms with Gasteiger partial charge in [0.1, 0.15) is 11.7 Å². The van der Waals surface area contributed by atoms with Crippen molar-refractivity contribution in [2.75, 3.05) is 0 Å². The minimum absolute atomic E-state index is 0.303. The highest BCUT2D eigenvalue weighted by Crippen LogP contribution is 2.26. The van der Waals surface area contributed by atoms with Crippen LogP contribution in [0.25, 0.3) is 0 Å². The average Bonchev–Trinajstić information content (AvgIpc) is 2.31. The van der Waals surface area contributed by atoms with Crippen LogP contribution in [0.15, 0.2) is 35.0 Å². The number of aliphatic imine (C=N–C) groups is 1. The van der Waals surface area contributed by atoms with Gasteiger partial charge in [-0.1, -0.05) is 25.0 Å². The minimum atomic E-state index is -1.33. The molecular formula is C14H19FN4. The van der Waals surface area contributed by atoms with E-state index < -0.39 is 11.6 Å². The highest BCUT2D eigenvalue weighted by Gasteiger charge is 2.32. The standard InChI is InChI=1S/C14H19FN4/c1-3-4-10-8-13(16)19-14(17,18-10)11-7-9(2)5-6-12(11)15/h5-8,18H,3-4,17H2,1-2H3,(H2,16,19). The van der Waals surface area contributed by atoms with Gasteiger partial charge in [0.05, 0.1) is 5.56 Å². The van der Waals surface area contributed by atoms with Crippen LogP contribution in [-0.4, -0.2) is 5.84 Å². The molecule has 1 heterocycles. The first-order valence-electron chi connectivity index (χ1n) is 6.34. The van der Waals surface area contributed by atoms with Crippen molar-refractivity contribution in [3.05, 3.63) is 46.9 Å². The molecule has 0 aromatic heterocycles. The maximum atomic E-state index is 14.0. The van der Waals surface area contributed by atoms with Crippen LogP contribution < -0.4 is 16.8 Å². The molecule has 0 saturated heterocycles. The Morgan fingerprint density at radius 3 is 2.84 bits per heavy atom. The lowest BCUT2D eigenvalue weighted by Crippen LogP contribution is -2.52. The van der Waals surface area contributed by atoms with E-state index in [4.69, 9.17) is 11.5 Å². The summed E-state index contributed by atoms with van der Waals surface area (Å²) in [4.78, 5) is 4.16. The second-order valence-electron chi connectivity index (χ2n) is 4.83. The monoisotopic (exact) mass is 262 g/mol. The van der Waals surface area contributed by atoms with Crippen molar-refractivity contribution in [3.8, 4) is 0 Å². The van der Waals surface area contributed by atoms with E-state index in [0.717, 1.165) is 24.1 Å². The molecule has 1 unspecified atom stereocenters. The van der Waals surface area contributed by atoms with E-state index in [1.54, 1.807) is 18.2 Å². The second kappa shape index (κ2) is 5.01. The van der Waals surface area contributed by atoms with Gasteiger partial charge in [0, 0.05) is 5.70 Å². The van der Waals surface area contributed by atoms with E-state index >= 15 is 0 Å². The van der Waals surface area contributed by atoms with Gasteiger partial charge in [0.15, 0.2) is 0 Å². The lowest BCUT2D eigenvalue weighted by molar-refractivity contribution is 0.369. The lowest BCUT2D eigenvalue weighted by atomic mass is 10.0. The topological polar surface area (TPSA) is 76.4 Å². The Labute approximate surface area is 112 Å². The second-order valence-corrected chi connectivity index (χ2v) is 4.83. The number of rotatable bonds is 3. The van der Waals surface area contributed by atoms with Gasteiger partial charge in [0.25, 0.3) is 0 Å². The molecule has 1 aromatic carbocycles. The molecule has 5 heteroatoms. The molecule has 1 atom stereocenters. The number of nitrogens with one attached hydrogen (secondary N) is 1. The van der Waals surface area contributed by atoms with Crippen molar-refractivity contribution in [1.29, 1.82) is 0 Å². The third kappa shape index (κ3) is 2.76. The summed E-state index contributed by atoms with van der Waals surface area (Å²) in [6, 6.07) is 4.78. The predicted octanol–water partition coefficient (Wildman–Crippen LogP) is 1.85. The van der Waals surface area contributed by atoms with E-state index in [1.807, 2.05) is 6.92 Å². The molecule has 4 nitrogen and oxygen atoms in total. The third-order valence-corrected chi connectivity index (χ3v) is 3.03. The predicted molar refractivity (Wildman–Crippen MR) is 74.8 cm³/mol. The maximum absolute atomic E-state index is 14.0. The largest absolute Gasteiger partial charge is 0.384 e. The summed E-state index contributed by atoms with van der Waals surface area (Å²) in [5, 5.41) is 3.08. The molecule has 0 saturated carbocycles. The van der Waals surface area contributed by atoms with Crippen LogP contribution in [0, 0.1) is 12.7 Å². The first-order chi connectivity index (χ1) is 8.94. The van der Waals surface area contributed by atoms with Gasteiger partial charge in [-0.15, -0.1) is 0 Å². The molecule has 5 N–H and O–H groups in total. The lowest BCUT2D eigenvalue weighted by Gasteiger charge is -2.33. The summed E-state index contributed by atoms with van der Waals surface area (Å²) in [5.74, 6) is -1.42. The molecular weight excluding hydrogens is 243 g/mol. The van der Waals surface area contributed by atoms with Crippen molar-refractivity contribution in [2.45, 2.75) is 32.5 Å². The molecule has 102 valence electrons. The van der Waals surface area contributed by atoms with Crippen molar-refractivity contribution in [2.24, 2.45) is 16.5 Å². The molecule has 0 fully saturated rings. The van der Waals surface area contributed by atoms with Gasteiger partial charge >= 0.3 is 0 Å². The normalized spacial score (nSPS) is 22.5. The van der Waals surface area contributed by atoms with Crippen LogP contribution in [0.4, 0.5) is 4.39 Å². The molecule has 1 aromatic rings. The van der Waals surface area contributed by atoms with Crippen molar-refractivity contribution < 1.29 is 4.39 Å². The number of benzene rings is 1. The molecule has 0 aliphatic carbocycles. The fourth-order valence-corrected chi connectivity index (χ4v) is 2.19. The zero-order valence-electron chi connectivity index (χ0n) is 11.2. The molecule has 1 aliphatic heterocycles. The SMILES string of the molecule is CCCC1=CC(N)=NC(N)(c2cc(C)ccc2F)N1. The number of amidine groups is 1. The van der Waals surface area contributed by atoms with Gasteiger partial charge in [-0.25, -0.2) is 9.38 Å². The average molecular weight is 262 g/mol. The van der Waals surface area contributed by atoms with Gasteiger partial charge in [-0.2, -0.15) is 0 Å². The Hall–Kier alpha value is -1.88. The Morgan fingerprint density at radius 2 is 2.16 bits per heavy atom. The first-order valence-corrected chi connectivity index (χ1v) is 6.34. The third-order valence-electron chi connectivity index (χ3n) is 3.03. The molecule has 0 spiro atoms. The van der Waals surface area contributed by atoms with Crippen LogP contribution in [0.3, 0.4) is 0 Å². The first kappa shape index (κ1) is 13.5. The number of halogens is 1. The van der Waals surface area contributed by atoms with Crippen molar-refractivity contribution >= 4 is 5.84 Å².